The zero-order valence-electron chi connectivity index (χ0n) is 7.62. The first-order valence-electron chi connectivity index (χ1n) is 4.26. The van der Waals surface area contributed by atoms with Crippen molar-refractivity contribution in [3.05, 3.63) is 0 Å². The molecule has 1 aliphatic heterocycles. The smallest absolute Gasteiger partial charge is 0.241 e. The molecular formula is C8H14N2O3. The Morgan fingerprint density at radius 3 is 2.62 bits per heavy atom. The van der Waals surface area contributed by atoms with E-state index in [0.717, 1.165) is 0 Å². The highest BCUT2D eigenvalue weighted by Crippen LogP contribution is 2.13. The second-order valence-electron chi connectivity index (χ2n) is 3.26. The molecule has 0 saturated carbocycles. The van der Waals surface area contributed by atoms with E-state index in [4.69, 9.17) is 5.11 Å². The van der Waals surface area contributed by atoms with E-state index in [-0.39, 0.29) is 30.9 Å². The van der Waals surface area contributed by atoms with Gasteiger partial charge in [-0.3, -0.25) is 9.59 Å². The summed E-state index contributed by atoms with van der Waals surface area (Å²) in [6.45, 7) is 2.78. The molecule has 0 aromatic heterocycles. The number of carbonyl (C=O) groups is 2. The Morgan fingerprint density at radius 1 is 1.54 bits per heavy atom. The first-order valence-corrected chi connectivity index (χ1v) is 4.26. The number of nitrogens with zero attached hydrogens (tertiary/aromatic N) is 1. The molecule has 2 N–H and O–H groups in total. The summed E-state index contributed by atoms with van der Waals surface area (Å²) in [4.78, 5) is 23.3. The van der Waals surface area contributed by atoms with Gasteiger partial charge < -0.3 is 15.3 Å². The molecule has 1 aliphatic rings. The molecule has 0 aromatic rings. The SMILES string of the molecule is CC(=O)NCC(=O)N1CC(CO)C1. The number of aliphatic hydroxyl groups is 1. The number of rotatable bonds is 3. The second-order valence-corrected chi connectivity index (χ2v) is 3.26. The number of likely N-dealkylation sites (tertiary alicyclic amines) is 1. The number of carbonyl (C=O) groups excluding carboxylic acids is 2. The molecule has 13 heavy (non-hydrogen) atoms. The highest BCUT2D eigenvalue weighted by atomic mass is 16.3. The van der Waals surface area contributed by atoms with Crippen molar-refractivity contribution in [1.82, 2.24) is 10.2 Å². The maximum Gasteiger partial charge on any atom is 0.241 e. The van der Waals surface area contributed by atoms with Gasteiger partial charge >= 0.3 is 0 Å². The van der Waals surface area contributed by atoms with E-state index in [0.29, 0.717) is 13.1 Å². The van der Waals surface area contributed by atoms with E-state index in [1.807, 2.05) is 0 Å². The molecule has 0 radical (unpaired) electrons. The van der Waals surface area contributed by atoms with Crippen LogP contribution in [0.2, 0.25) is 0 Å². The minimum absolute atomic E-state index is 0.0630. The van der Waals surface area contributed by atoms with Crippen LogP contribution in [0.1, 0.15) is 6.92 Å². The van der Waals surface area contributed by atoms with Crippen LogP contribution in [-0.4, -0.2) is 48.1 Å². The lowest BCUT2D eigenvalue weighted by Gasteiger charge is -2.38. The fourth-order valence-electron chi connectivity index (χ4n) is 1.20. The van der Waals surface area contributed by atoms with Gasteiger partial charge in [-0.15, -0.1) is 0 Å². The molecule has 0 aliphatic carbocycles. The molecule has 5 heteroatoms. The van der Waals surface area contributed by atoms with E-state index in [2.05, 4.69) is 5.32 Å². The van der Waals surface area contributed by atoms with Gasteiger partial charge in [-0.05, 0) is 0 Å². The van der Waals surface area contributed by atoms with E-state index < -0.39 is 0 Å². The van der Waals surface area contributed by atoms with Crippen molar-refractivity contribution in [2.75, 3.05) is 26.2 Å². The van der Waals surface area contributed by atoms with Crippen molar-refractivity contribution in [1.29, 1.82) is 0 Å². The van der Waals surface area contributed by atoms with Gasteiger partial charge in [0, 0.05) is 32.5 Å². The molecule has 5 nitrogen and oxygen atoms in total. The van der Waals surface area contributed by atoms with Crippen LogP contribution in [0.25, 0.3) is 0 Å². The summed E-state index contributed by atoms with van der Waals surface area (Å²) in [6.07, 6.45) is 0. The molecule has 2 amide bonds. The lowest BCUT2D eigenvalue weighted by molar-refractivity contribution is -0.138. The quantitative estimate of drug-likeness (QED) is 0.568. The molecule has 1 rings (SSSR count). The topological polar surface area (TPSA) is 69.6 Å². The van der Waals surface area contributed by atoms with Crippen molar-refractivity contribution in [2.24, 2.45) is 5.92 Å². The normalized spacial score (nSPS) is 16.6. The number of hydrogen-bond acceptors (Lipinski definition) is 3. The van der Waals surface area contributed by atoms with E-state index in [1.165, 1.54) is 6.92 Å². The number of hydrogen-bond donors (Lipinski definition) is 2. The third-order valence-corrected chi connectivity index (χ3v) is 2.06. The molecule has 1 heterocycles. The van der Waals surface area contributed by atoms with Gasteiger partial charge in [-0.25, -0.2) is 0 Å². The largest absolute Gasteiger partial charge is 0.396 e. The lowest BCUT2D eigenvalue weighted by atomic mass is 10.0. The van der Waals surface area contributed by atoms with Gasteiger partial charge in [0.2, 0.25) is 11.8 Å². The molecule has 1 saturated heterocycles. The number of amides is 2. The predicted octanol–water partition coefficient (Wildman–Crippen LogP) is -1.43. The predicted molar refractivity (Wildman–Crippen MR) is 45.8 cm³/mol. The van der Waals surface area contributed by atoms with Gasteiger partial charge in [0.15, 0.2) is 0 Å². The first-order chi connectivity index (χ1) is 6.13. The van der Waals surface area contributed by atoms with Crippen LogP contribution in [0.15, 0.2) is 0 Å². The molecule has 0 aromatic carbocycles. The van der Waals surface area contributed by atoms with Crippen LogP contribution in [0.5, 0.6) is 0 Å². The van der Waals surface area contributed by atoms with E-state index in [1.54, 1.807) is 4.90 Å². The Kier molecular flexibility index (Phi) is 3.25. The minimum atomic E-state index is -0.201. The Bertz CT molecular complexity index is 211. The van der Waals surface area contributed by atoms with Gasteiger partial charge in [-0.2, -0.15) is 0 Å². The van der Waals surface area contributed by atoms with Crippen LogP contribution in [0, 0.1) is 5.92 Å². The molecule has 0 spiro atoms. The molecule has 0 atom stereocenters. The highest BCUT2D eigenvalue weighted by Gasteiger charge is 2.29. The second kappa shape index (κ2) is 4.23. The Morgan fingerprint density at radius 2 is 2.15 bits per heavy atom. The van der Waals surface area contributed by atoms with Gasteiger partial charge in [-0.1, -0.05) is 0 Å². The van der Waals surface area contributed by atoms with Crippen LogP contribution < -0.4 is 5.32 Å². The Labute approximate surface area is 76.7 Å². The van der Waals surface area contributed by atoms with E-state index in [9.17, 15) is 9.59 Å². The van der Waals surface area contributed by atoms with Crippen molar-refractivity contribution >= 4 is 11.8 Å². The highest BCUT2D eigenvalue weighted by molar-refractivity contribution is 5.84. The van der Waals surface area contributed by atoms with Gasteiger partial charge in [0.25, 0.3) is 0 Å². The van der Waals surface area contributed by atoms with Crippen LogP contribution in [-0.2, 0) is 9.59 Å². The summed E-state index contributed by atoms with van der Waals surface area (Å²) in [5, 5.41) is 11.1. The minimum Gasteiger partial charge on any atom is -0.396 e. The maximum atomic E-state index is 11.2. The molecular weight excluding hydrogens is 172 g/mol. The van der Waals surface area contributed by atoms with Crippen LogP contribution >= 0.6 is 0 Å². The fraction of sp³-hybridized carbons (Fsp3) is 0.750. The summed E-state index contributed by atoms with van der Waals surface area (Å²) >= 11 is 0. The van der Waals surface area contributed by atoms with Gasteiger partial charge in [0.05, 0.1) is 6.54 Å². The summed E-state index contributed by atoms with van der Waals surface area (Å²) in [5.41, 5.74) is 0. The molecule has 0 unspecified atom stereocenters. The summed E-state index contributed by atoms with van der Waals surface area (Å²) in [6, 6.07) is 0. The Hall–Kier alpha value is -1.10. The average Bonchev–Trinajstić information content (AvgIpc) is 1.99. The molecule has 74 valence electrons. The number of aliphatic hydroxyl groups excluding tert-OH is 1. The van der Waals surface area contributed by atoms with Crippen LogP contribution in [0.3, 0.4) is 0 Å². The van der Waals surface area contributed by atoms with Crippen molar-refractivity contribution in [3.63, 3.8) is 0 Å². The number of nitrogens with one attached hydrogen (secondary N) is 1. The fourth-order valence-corrected chi connectivity index (χ4v) is 1.20. The third-order valence-electron chi connectivity index (χ3n) is 2.06. The third kappa shape index (κ3) is 2.69. The van der Waals surface area contributed by atoms with E-state index >= 15 is 0 Å². The van der Waals surface area contributed by atoms with Gasteiger partial charge in [0.1, 0.15) is 0 Å². The average molecular weight is 186 g/mol. The van der Waals surface area contributed by atoms with Crippen molar-refractivity contribution < 1.29 is 14.7 Å². The van der Waals surface area contributed by atoms with Crippen molar-refractivity contribution in [2.45, 2.75) is 6.92 Å². The summed E-state index contributed by atoms with van der Waals surface area (Å²) in [7, 11) is 0. The van der Waals surface area contributed by atoms with Crippen LogP contribution in [0.4, 0.5) is 0 Å². The zero-order chi connectivity index (χ0) is 9.84. The first kappa shape index (κ1) is 9.98. The summed E-state index contributed by atoms with van der Waals surface area (Å²) in [5.74, 6) is -0.0613. The molecule has 1 fully saturated rings. The lowest BCUT2D eigenvalue weighted by Crippen LogP contribution is -2.53. The standard InChI is InChI=1S/C8H14N2O3/c1-6(12)9-2-8(13)10-3-7(4-10)5-11/h7,11H,2-5H2,1H3,(H,9,12). The van der Waals surface area contributed by atoms with Crippen molar-refractivity contribution in [3.8, 4) is 0 Å². The summed E-state index contributed by atoms with van der Waals surface area (Å²) < 4.78 is 0. The molecule has 0 bridgehead atoms. The zero-order valence-corrected chi connectivity index (χ0v) is 7.62. The Balaban J connectivity index is 2.16. The maximum absolute atomic E-state index is 11.2. The monoisotopic (exact) mass is 186 g/mol.